The van der Waals surface area contributed by atoms with Crippen LogP contribution in [0.15, 0.2) is 97.2 Å². The SMILES string of the molecule is O=C(Cc1ccc(-c2ccc(OCc3ccc(C(=O)NO)cc3)cc2)cn1)NCc1ccccc1. The molecule has 3 N–H and O–H groups in total. The molecule has 0 aliphatic rings. The molecular weight excluding hydrogens is 442 g/mol. The van der Waals surface area contributed by atoms with Crippen molar-refractivity contribution in [1.29, 1.82) is 0 Å². The first-order valence-corrected chi connectivity index (χ1v) is 11.1. The molecule has 0 spiro atoms. The third-order valence-corrected chi connectivity index (χ3v) is 5.41. The number of nitrogens with one attached hydrogen (secondary N) is 2. The predicted octanol–water partition coefficient (Wildman–Crippen LogP) is 4.31. The third kappa shape index (κ3) is 6.75. The Balaban J connectivity index is 1.28. The van der Waals surface area contributed by atoms with Gasteiger partial charge in [0.15, 0.2) is 0 Å². The van der Waals surface area contributed by atoms with Gasteiger partial charge in [-0.3, -0.25) is 19.8 Å². The van der Waals surface area contributed by atoms with Crippen molar-refractivity contribution in [2.45, 2.75) is 19.6 Å². The highest BCUT2D eigenvalue weighted by Crippen LogP contribution is 2.23. The molecule has 4 aromatic rings. The Bertz CT molecular complexity index is 1260. The number of rotatable bonds is 9. The normalized spacial score (nSPS) is 10.4. The smallest absolute Gasteiger partial charge is 0.274 e. The fourth-order valence-electron chi connectivity index (χ4n) is 3.45. The van der Waals surface area contributed by atoms with Crippen LogP contribution in [0.25, 0.3) is 11.1 Å². The van der Waals surface area contributed by atoms with E-state index in [1.165, 1.54) is 0 Å². The Hall–Kier alpha value is -4.49. The Morgan fingerprint density at radius 3 is 2.17 bits per heavy atom. The summed E-state index contributed by atoms with van der Waals surface area (Å²) in [5.41, 5.74) is 6.58. The van der Waals surface area contributed by atoms with Crippen LogP contribution in [0.1, 0.15) is 27.2 Å². The molecule has 176 valence electrons. The van der Waals surface area contributed by atoms with E-state index in [9.17, 15) is 9.59 Å². The van der Waals surface area contributed by atoms with Gasteiger partial charge < -0.3 is 10.1 Å². The number of amides is 2. The number of carbonyl (C=O) groups excluding carboxylic acids is 2. The topological polar surface area (TPSA) is 101 Å². The minimum Gasteiger partial charge on any atom is -0.489 e. The monoisotopic (exact) mass is 467 g/mol. The van der Waals surface area contributed by atoms with Gasteiger partial charge in [-0.25, -0.2) is 5.48 Å². The van der Waals surface area contributed by atoms with E-state index in [0.717, 1.165) is 22.3 Å². The summed E-state index contributed by atoms with van der Waals surface area (Å²) in [5, 5.41) is 11.6. The maximum atomic E-state index is 12.2. The Morgan fingerprint density at radius 2 is 1.51 bits per heavy atom. The van der Waals surface area contributed by atoms with E-state index in [4.69, 9.17) is 9.94 Å². The van der Waals surface area contributed by atoms with Crippen molar-refractivity contribution in [1.82, 2.24) is 15.8 Å². The molecule has 0 fully saturated rings. The van der Waals surface area contributed by atoms with Gasteiger partial charge >= 0.3 is 0 Å². The second-order valence-electron chi connectivity index (χ2n) is 7.93. The van der Waals surface area contributed by atoms with Gasteiger partial charge in [0.05, 0.1) is 6.42 Å². The molecule has 1 heterocycles. The van der Waals surface area contributed by atoms with Crippen molar-refractivity contribution < 1.29 is 19.5 Å². The molecule has 3 aromatic carbocycles. The van der Waals surface area contributed by atoms with E-state index >= 15 is 0 Å². The van der Waals surface area contributed by atoms with Crippen molar-refractivity contribution in [3.63, 3.8) is 0 Å². The number of aromatic nitrogens is 1. The molecule has 7 heteroatoms. The summed E-state index contributed by atoms with van der Waals surface area (Å²) >= 11 is 0. The van der Waals surface area contributed by atoms with E-state index < -0.39 is 5.91 Å². The number of ether oxygens (including phenoxy) is 1. The molecule has 0 radical (unpaired) electrons. The average Bonchev–Trinajstić information content (AvgIpc) is 2.92. The first kappa shape index (κ1) is 23.7. The zero-order chi connectivity index (χ0) is 24.5. The number of benzene rings is 3. The van der Waals surface area contributed by atoms with Crippen LogP contribution in [0.2, 0.25) is 0 Å². The maximum Gasteiger partial charge on any atom is 0.274 e. The van der Waals surface area contributed by atoms with E-state index in [1.807, 2.05) is 66.7 Å². The van der Waals surface area contributed by atoms with Crippen LogP contribution < -0.4 is 15.5 Å². The molecular formula is C28H25N3O4. The summed E-state index contributed by atoms with van der Waals surface area (Å²) in [7, 11) is 0. The number of nitrogens with zero attached hydrogens (tertiary/aromatic N) is 1. The molecule has 0 atom stereocenters. The maximum absolute atomic E-state index is 12.2. The van der Waals surface area contributed by atoms with Gasteiger partial charge in [0.2, 0.25) is 5.91 Å². The number of hydrogen-bond donors (Lipinski definition) is 3. The van der Waals surface area contributed by atoms with Crippen LogP contribution in [0.3, 0.4) is 0 Å². The average molecular weight is 468 g/mol. The second kappa shape index (κ2) is 11.6. The highest BCUT2D eigenvalue weighted by Gasteiger charge is 2.07. The fourth-order valence-corrected chi connectivity index (χ4v) is 3.45. The first-order chi connectivity index (χ1) is 17.1. The first-order valence-electron chi connectivity index (χ1n) is 11.1. The van der Waals surface area contributed by atoms with Crippen molar-refractivity contribution in [2.24, 2.45) is 0 Å². The molecule has 0 bridgehead atoms. The summed E-state index contributed by atoms with van der Waals surface area (Å²) in [5.74, 6) is 0.0920. The molecule has 0 saturated heterocycles. The van der Waals surface area contributed by atoms with Crippen molar-refractivity contribution >= 4 is 11.8 Å². The zero-order valence-corrected chi connectivity index (χ0v) is 19.0. The van der Waals surface area contributed by atoms with Gasteiger partial charge in [0, 0.05) is 29.6 Å². The Labute approximate surface area is 203 Å². The van der Waals surface area contributed by atoms with Gasteiger partial charge in [-0.1, -0.05) is 60.7 Å². The summed E-state index contributed by atoms with van der Waals surface area (Å²) < 4.78 is 5.82. The third-order valence-electron chi connectivity index (χ3n) is 5.41. The Kier molecular flexibility index (Phi) is 7.83. The predicted molar refractivity (Wildman–Crippen MR) is 132 cm³/mol. The van der Waals surface area contributed by atoms with E-state index in [-0.39, 0.29) is 12.3 Å². The molecule has 0 saturated carbocycles. The molecule has 2 amide bonds. The second-order valence-corrected chi connectivity index (χ2v) is 7.93. The quantitative estimate of drug-likeness (QED) is 0.252. The lowest BCUT2D eigenvalue weighted by atomic mass is 10.1. The summed E-state index contributed by atoms with van der Waals surface area (Å²) in [6, 6.07) is 28.1. The molecule has 0 aliphatic carbocycles. The highest BCUT2D eigenvalue weighted by molar-refractivity contribution is 5.93. The van der Waals surface area contributed by atoms with Gasteiger partial charge in [-0.05, 0) is 47.0 Å². The van der Waals surface area contributed by atoms with Gasteiger partial charge in [-0.15, -0.1) is 0 Å². The van der Waals surface area contributed by atoms with Crippen LogP contribution in [0.5, 0.6) is 5.75 Å². The van der Waals surface area contributed by atoms with Crippen molar-refractivity contribution in [2.75, 3.05) is 0 Å². The van der Waals surface area contributed by atoms with Gasteiger partial charge in [0.1, 0.15) is 12.4 Å². The van der Waals surface area contributed by atoms with Gasteiger partial charge in [0.25, 0.3) is 5.91 Å². The standard InChI is InChI=1S/C28H25N3O4/c32-27(30-17-20-4-2-1-3-5-20)16-25-13-10-24(18-29-25)22-11-14-26(15-12-22)35-19-21-6-8-23(9-7-21)28(33)31-34/h1-15,18,34H,16-17,19H2,(H,30,32)(H,31,33). The summed E-state index contributed by atoms with van der Waals surface area (Å²) in [6.45, 7) is 0.849. The van der Waals surface area contributed by atoms with E-state index in [1.54, 1.807) is 35.9 Å². The summed E-state index contributed by atoms with van der Waals surface area (Å²) in [4.78, 5) is 28.0. The lowest BCUT2D eigenvalue weighted by molar-refractivity contribution is -0.120. The van der Waals surface area contributed by atoms with Crippen LogP contribution >= 0.6 is 0 Å². The molecule has 35 heavy (non-hydrogen) atoms. The minimum atomic E-state index is -0.554. The van der Waals surface area contributed by atoms with E-state index in [0.29, 0.717) is 30.2 Å². The lowest BCUT2D eigenvalue weighted by Crippen LogP contribution is -2.24. The van der Waals surface area contributed by atoms with Crippen LogP contribution in [0, 0.1) is 0 Å². The Morgan fingerprint density at radius 1 is 0.800 bits per heavy atom. The molecule has 0 aliphatic heterocycles. The van der Waals surface area contributed by atoms with Crippen molar-refractivity contribution in [3.05, 3.63) is 120 Å². The number of pyridine rings is 1. The van der Waals surface area contributed by atoms with Crippen molar-refractivity contribution in [3.8, 4) is 16.9 Å². The fraction of sp³-hybridized carbons (Fsp3) is 0.107. The number of carbonyl (C=O) groups is 2. The zero-order valence-electron chi connectivity index (χ0n) is 19.0. The number of hydrogen-bond acceptors (Lipinski definition) is 5. The van der Waals surface area contributed by atoms with Gasteiger partial charge in [-0.2, -0.15) is 0 Å². The molecule has 0 unspecified atom stereocenters. The van der Waals surface area contributed by atoms with Crippen LogP contribution in [0.4, 0.5) is 0 Å². The van der Waals surface area contributed by atoms with E-state index in [2.05, 4.69) is 10.3 Å². The highest BCUT2D eigenvalue weighted by atomic mass is 16.5. The lowest BCUT2D eigenvalue weighted by Gasteiger charge is -2.09. The summed E-state index contributed by atoms with van der Waals surface area (Å²) in [6.07, 6.45) is 1.99. The molecule has 1 aromatic heterocycles. The van der Waals surface area contributed by atoms with Crippen LogP contribution in [-0.4, -0.2) is 22.0 Å². The minimum absolute atomic E-state index is 0.0677. The number of hydroxylamine groups is 1. The van der Waals surface area contributed by atoms with Crippen LogP contribution in [-0.2, 0) is 24.4 Å². The molecule has 7 nitrogen and oxygen atoms in total. The molecule has 4 rings (SSSR count). The largest absolute Gasteiger partial charge is 0.489 e.